The van der Waals surface area contributed by atoms with Crippen LogP contribution in [0.5, 0.6) is 0 Å². The van der Waals surface area contributed by atoms with Gasteiger partial charge in [0.25, 0.3) is 0 Å². The van der Waals surface area contributed by atoms with Gasteiger partial charge >= 0.3 is 0 Å². The fourth-order valence-corrected chi connectivity index (χ4v) is 2.93. The van der Waals surface area contributed by atoms with E-state index in [1.54, 1.807) is 28.5 Å². The molecule has 102 valence electrons. The first-order valence-electron chi connectivity index (χ1n) is 6.47. The molecule has 0 bridgehead atoms. The maximum atomic E-state index is 4.42. The highest BCUT2D eigenvalue weighted by atomic mass is 32.1. The first-order chi connectivity index (χ1) is 10.4. The molecule has 4 rings (SSSR count). The summed E-state index contributed by atoms with van der Waals surface area (Å²) in [7, 11) is 0. The van der Waals surface area contributed by atoms with Crippen LogP contribution in [-0.2, 0) is 0 Å². The third-order valence-electron chi connectivity index (χ3n) is 3.16. The van der Waals surface area contributed by atoms with Gasteiger partial charge in [0.1, 0.15) is 0 Å². The number of hydrogen-bond acceptors (Lipinski definition) is 4. The topological polar surface area (TPSA) is 48.5 Å². The van der Waals surface area contributed by atoms with Crippen molar-refractivity contribution in [3.05, 3.63) is 66.4 Å². The average Bonchev–Trinajstić information content (AvgIpc) is 3.27. The third-order valence-corrected chi connectivity index (χ3v) is 4.05. The standard InChI is InChI=1S/C15H11N5S/c1-2-15(21-11-1)14-7-8-16-19(14)12-3-5-13(6-4-12)20-17-9-10-18-20/h1-11H. The van der Waals surface area contributed by atoms with Gasteiger partial charge in [-0.15, -0.1) is 11.3 Å². The fraction of sp³-hybridized carbons (Fsp3) is 0. The molecule has 0 radical (unpaired) electrons. The van der Waals surface area contributed by atoms with E-state index in [1.807, 2.05) is 47.3 Å². The van der Waals surface area contributed by atoms with Gasteiger partial charge in [-0.1, -0.05) is 6.07 Å². The zero-order valence-electron chi connectivity index (χ0n) is 11.0. The van der Waals surface area contributed by atoms with E-state index in [0.717, 1.165) is 17.1 Å². The van der Waals surface area contributed by atoms with Crippen molar-refractivity contribution in [2.24, 2.45) is 0 Å². The largest absolute Gasteiger partial charge is 0.232 e. The van der Waals surface area contributed by atoms with Gasteiger partial charge in [0.15, 0.2) is 0 Å². The van der Waals surface area contributed by atoms with Crippen LogP contribution in [-0.4, -0.2) is 24.8 Å². The summed E-state index contributed by atoms with van der Waals surface area (Å²) in [6, 6.07) is 14.2. The van der Waals surface area contributed by atoms with Crippen molar-refractivity contribution in [2.45, 2.75) is 0 Å². The van der Waals surface area contributed by atoms with Gasteiger partial charge in [-0.05, 0) is 41.8 Å². The van der Waals surface area contributed by atoms with E-state index in [1.165, 1.54) is 4.88 Å². The number of hydrogen-bond donors (Lipinski definition) is 0. The molecule has 0 N–H and O–H groups in total. The van der Waals surface area contributed by atoms with Crippen LogP contribution in [0.4, 0.5) is 0 Å². The fourth-order valence-electron chi connectivity index (χ4n) is 2.20. The Morgan fingerprint density at radius 2 is 1.52 bits per heavy atom. The zero-order valence-corrected chi connectivity index (χ0v) is 11.8. The molecule has 0 aliphatic heterocycles. The van der Waals surface area contributed by atoms with E-state index in [-0.39, 0.29) is 0 Å². The lowest BCUT2D eigenvalue weighted by molar-refractivity contribution is 0.751. The van der Waals surface area contributed by atoms with E-state index in [2.05, 4.69) is 26.7 Å². The minimum absolute atomic E-state index is 0.925. The number of rotatable bonds is 3. The van der Waals surface area contributed by atoms with Crippen molar-refractivity contribution in [1.82, 2.24) is 24.8 Å². The van der Waals surface area contributed by atoms with Crippen molar-refractivity contribution >= 4 is 11.3 Å². The molecular weight excluding hydrogens is 282 g/mol. The molecule has 0 fully saturated rings. The summed E-state index contributed by atoms with van der Waals surface area (Å²) < 4.78 is 1.94. The van der Waals surface area contributed by atoms with E-state index in [9.17, 15) is 0 Å². The molecule has 0 amide bonds. The molecule has 6 heteroatoms. The number of aromatic nitrogens is 5. The second-order valence-corrected chi connectivity index (χ2v) is 5.39. The van der Waals surface area contributed by atoms with Crippen molar-refractivity contribution in [2.75, 3.05) is 0 Å². The maximum Gasteiger partial charge on any atom is 0.0858 e. The highest BCUT2D eigenvalue weighted by Gasteiger charge is 2.08. The van der Waals surface area contributed by atoms with Gasteiger partial charge in [-0.25, -0.2) is 4.68 Å². The van der Waals surface area contributed by atoms with Crippen LogP contribution < -0.4 is 0 Å². The number of nitrogens with zero attached hydrogens (tertiary/aromatic N) is 5. The molecule has 1 aromatic carbocycles. The van der Waals surface area contributed by atoms with Crippen LogP contribution in [0.2, 0.25) is 0 Å². The summed E-state index contributed by atoms with van der Waals surface area (Å²) >= 11 is 1.71. The van der Waals surface area contributed by atoms with E-state index >= 15 is 0 Å². The van der Waals surface area contributed by atoms with Gasteiger partial charge in [0.2, 0.25) is 0 Å². The molecule has 3 heterocycles. The Morgan fingerprint density at radius 1 is 0.762 bits per heavy atom. The van der Waals surface area contributed by atoms with Crippen molar-refractivity contribution in [3.8, 4) is 21.9 Å². The Morgan fingerprint density at radius 3 is 2.24 bits per heavy atom. The Balaban J connectivity index is 1.73. The number of benzene rings is 1. The number of thiophene rings is 1. The molecule has 0 unspecified atom stereocenters. The Kier molecular flexibility index (Phi) is 2.86. The molecule has 0 saturated heterocycles. The van der Waals surface area contributed by atoms with Crippen LogP contribution in [0.3, 0.4) is 0 Å². The average molecular weight is 293 g/mol. The van der Waals surface area contributed by atoms with Crippen molar-refractivity contribution in [3.63, 3.8) is 0 Å². The highest BCUT2D eigenvalue weighted by molar-refractivity contribution is 7.13. The van der Waals surface area contributed by atoms with Crippen LogP contribution in [0.15, 0.2) is 66.4 Å². The predicted molar refractivity (Wildman–Crippen MR) is 81.8 cm³/mol. The lowest BCUT2D eigenvalue weighted by Crippen LogP contribution is -2.01. The summed E-state index contributed by atoms with van der Waals surface area (Å²) in [5.41, 5.74) is 3.03. The summed E-state index contributed by atoms with van der Waals surface area (Å²) in [5.74, 6) is 0. The Bertz CT molecular complexity index is 829. The van der Waals surface area contributed by atoms with E-state index in [4.69, 9.17) is 0 Å². The quantitative estimate of drug-likeness (QED) is 0.583. The van der Waals surface area contributed by atoms with Crippen LogP contribution in [0, 0.1) is 0 Å². The minimum Gasteiger partial charge on any atom is -0.232 e. The van der Waals surface area contributed by atoms with Gasteiger partial charge in [-0.3, -0.25) is 0 Å². The van der Waals surface area contributed by atoms with Gasteiger partial charge < -0.3 is 0 Å². The molecule has 0 atom stereocenters. The first-order valence-corrected chi connectivity index (χ1v) is 7.35. The minimum atomic E-state index is 0.925. The smallest absolute Gasteiger partial charge is 0.0858 e. The second kappa shape index (κ2) is 4.99. The molecule has 0 saturated carbocycles. The van der Waals surface area contributed by atoms with Gasteiger partial charge in [-0.2, -0.15) is 20.1 Å². The molecule has 3 aromatic heterocycles. The summed E-state index contributed by atoms with van der Waals surface area (Å²) in [4.78, 5) is 2.79. The Labute approximate surface area is 125 Å². The summed E-state index contributed by atoms with van der Waals surface area (Å²) in [6.07, 6.45) is 5.14. The monoisotopic (exact) mass is 293 g/mol. The Hall–Kier alpha value is -2.73. The molecule has 5 nitrogen and oxygen atoms in total. The maximum absolute atomic E-state index is 4.42. The molecule has 0 aliphatic rings. The predicted octanol–water partition coefficient (Wildman–Crippen LogP) is 3.18. The van der Waals surface area contributed by atoms with E-state index in [0.29, 0.717) is 0 Å². The summed E-state index contributed by atoms with van der Waals surface area (Å²) in [5, 5.41) is 14.7. The molecule has 4 aromatic rings. The zero-order chi connectivity index (χ0) is 14.1. The third kappa shape index (κ3) is 2.15. The first kappa shape index (κ1) is 12.0. The molecular formula is C15H11N5S. The van der Waals surface area contributed by atoms with Crippen LogP contribution in [0.1, 0.15) is 0 Å². The van der Waals surface area contributed by atoms with Gasteiger partial charge in [0, 0.05) is 0 Å². The molecule has 0 spiro atoms. The second-order valence-electron chi connectivity index (χ2n) is 4.44. The van der Waals surface area contributed by atoms with Crippen LogP contribution in [0.25, 0.3) is 21.9 Å². The van der Waals surface area contributed by atoms with Crippen molar-refractivity contribution in [1.29, 1.82) is 0 Å². The van der Waals surface area contributed by atoms with E-state index < -0.39 is 0 Å². The van der Waals surface area contributed by atoms with Crippen molar-refractivity contribution < 1.29 is 0 Å². The lowest BCUT2D eigenvalue weighted by atomic mass is 10.2. The SMILES string of the molecule is c1csc(-c2ccnn2-c2ccc(-n3nccn3)cc2)c1. The van der Waals surface area contributed by atoms with Crippen LogP contribution >= 0.6 is 11.3 Å². The lowest BCUT2D eigenvalue weighted by Gasteiger charge is -2.07. The summed E-state index contributed by atoms with van der Waals surface area (Å²) in [6.45, 7) is 0. The molecule has 0 aliphatic carbocycles. The normalized spacial score (nSPS) is 10.9. The molecule has 21 heavy (non-hydrogen) atoms. The van der Waals surface area contributed by atoms with Gasteiger partial charge in [0.05, 0.1) is 40.5 Å². The highest BCUT2D eigenvalue weighted by Crippen LogP contribution is 2.26.